The van der Waals surface area contributed by atoms with E-state index in [-0.39, 0.29) is 29.2 Å². The molecule has 0 fully saturated rings. The summed E-state index contributed by atoms with van der Waals surface area (Å²) in [5.74, 6) is -0.331. The van der Waals surface area contributed by atoms with Crippen LogP contribution in [0.2, 0.25) is 5.02 Å². The van der Waals surface area contributed by atoms with Gasteiger partial charge < -0.3 is 25.3 Å². The Kier molecular flexibility index (Phi) is 7.04. The van der Waals surface area contributed by atoms with Crippen LogP contribution in [0.15, 0.2) is 54.9 Å². The number of amides is 2. The smallest absolute Gasteiger partial charge is 0.416 e. The lowest BCUT2D eigenvalue weighted by Gasteiger charge is -2.18. The molecular formula is C24H20ClF4N5O2. The number of rotatable bonds is 6. The van der Waals surface area contributed by atoms with E-state index in [4.69, 9.17) is 16.3 Å². The first-order valence-electron chi connectivity index (χ1n) is 10.5. The molecule has 7 nitrogen and oxygen atoms in total. The Labute approximate surface area is 208 Å². The van der Waals surface area contributed by atoms with Crippen LogP contribution in [0.25, 0.3) is 11.0 Å². The number of aromatic nitrogens is 2. The summed E-state index contributed by atoms with van der Waals surface area (Å²) in [5.41, 5.74) is -0.592. The second-order valence-corrected chi connectivity index (χ2v) is 8.51. The van der Waals surface area contributed by atoms with Gasteiger partial charge in [0.25, 0.3) is 0 Å². The van der Waals surface area contributed by atoms with Crippen molar-refractivity contribution in [2.45, 2.75) is 12.7 Å². The molecule has 4 rings (SSSR count). The summed E-state index contributed by atoms with van der Waals surface area (Å²) in [6, 6.07) is 7.88. The van der Waals surface area contributed by atoms with Crippen LogP contribution in [-0.2, 0) is 12.7 Å². The van der Waals surface area contributed by atoms with Crippen molar-refractivity contribution in [1.82, 2.24) is 14.9 Å². The second-order valence-electron chi connectivity index (χ2n) is 8.10. The van der Waals surface area contributed by atoms with Gasteiger partial charge in [-0.25, -0.2) is 14.2 Å². The Bertz CT molecular complexity index is 1420. The standard InChI is InChI=1S/C24H20ClF4N5O2/c1-34(2)12-13-3-4-14(9-16(13)24(27,28)29)32-23(35)33-19-6-5-15(10-18(19)26)36-20-7-8-30-22-21(20)17(25)11-31-22/h3-11H,12H2,1-2H3,(H,30,31)(H2,32,33,35). The van der Waals surface area contributed by atoms with Gasteiger partial charge in [-0.05, 0) is 50.0 Å². The fraction of sp³-hybridized carbons (Fsp3) is 0.167. The first kappa shape index (κ1) is 25.3. The van der Waals surface area contributed by atoms with Crippen molar-refractivity contribution in [3.63, 3.8) is 0 Å². The average molecular weight is 522 g/mol. The Morgan fingerprint density at radius 3 is 2.61 bits per heavy atom. The van der Waals surface area contributed by atoms with Crippen molar-refractivity contribution >= 4 is 40.0 Å². The van der Waals surface area contributed by atoms with Gasteiger partial charge in [0.1, 0.15) is 23.0 Å². The van der Waals surface area contributed by atoms with E-state index in [1.54, 1.807) is 31.3 Å². The van der Waals surface area contributed by atoms with Gasteiger partial charge in [0.05, 0.1) is 21.7 Å². The molecule has 2 amide bonds. The van der Waals surface area contributed by atoms with E-state index in [1.165, 1.54) is 30.5 Å². The van der Waals surface area contributed by atoms with E-state index in [9.17, 15) is 22.4 Å². The molecule has 188 valence electrons. The monoisotopic (exact) mass is 521 g/mol. The summed E-state index contributed by atoms with van der Waals surface area (Å²) in [5, 5.41) is 5.49. The molecule has 2 aromatic heterocycles. The third-order valence-corrected chi connectivity index (χ3v) is 5.36. The van der Waals surface area contributed by atoms with E-state index in [0.29, 0.717) is 21.8 Å². The van der Waals surface area contributed by atoms with Crippen LogP contribution in [0.4, 0.5) is 33.7 Å². The van der Waals surface area contributed by atoms with Crippen LogP contribution in [0.5, 0.6) is 11.5 Å². The maximum absolute atomic E-state index is 14.7. The Morgan fingerprint density at radius 2 is 1.92 bits per heavy atom. The molecule has 0 spiro atoms. The molecule has 0 bridgehead atoms. The molecule has 0 aliphatic carbocycles. The number of alkyl halides is 3. The van der Waals surface area contributed by atoms with Crippen molar-refractivity contribution in [2.24, 2.45) is 0 Å². The number of nitrogens with zero attached hydrogens (tertiary/aromatic N) is 2. The van der Waals surface area contributed by atoms with Crippen molar-refractivity contribution in [3.8, 4) is 11.5 Å². The highest BCUT2D eigenvalue weighted by Gasteiger charge is 2.33. The van der Waals surface area contributed by atoms with Crippen molar-refractivity contribution in [1.29, 1.82) is 0 Å². The molecule has 4 aromatic rings. The summed E-state index contributed by atoms with van der Waals surface area (Å²) >= 11 is 6.15. The zero-order valence-corrected chi connectivity index (χ0v) is 19.8. The molecule has 0 saturated carbocycles. The van der Waals surface area contributed by atoms with Gasteiger partial charge >= 0.3 is 12.2 Å². The Hall–Kier alpha value is -3.83. The summed E-state index contributed by atoms with van der Waals surface area (Å²) < 4.78 is 60.8. The van der Waals surface area contributed by atoms with E-state index >= 15 is 0 Å². The summed E-state index contributed by atoms with van der Waals surface area (Å²) in [6.07, 6.45) is -1.56. The SMILES string of the molecule is CN(C)Cc1ccc(NC(=O)Nc2ccc(Oc3ccnc4[nH]cc(Cl)c34)cc2F)cc1C(F)(F)F. The van der Waals surface area contributed by atoms with Crippen LogP contribution in [-0.4, -0.2) is 35.0 Å². The van der Waals surface area contributed by atoms with Gasteiger partial charge in [0, 0.05) is 30.7 Å². The minimum atomic E-state index is -4.60. The molecule has 0 aliphatic heterocycles. The topological polar surface area (TPSA) is 82.3 Å². The van der Waals surface area contributed by atoms with Gasteiger partial charge in [-0.2, -0.15) is 13.2 Å². The quantitative estimate of drug-likeness (QED) is 0.242. The van der Waals surface area contributed by atoms with Crippen molar-refractivity contribution in [2.75, 3.05) is 24.7 Å². The predicted molar refractivity (Wildman–Crippen MR) is 129 cm³/mol. The maximum Gasteiger partial charge on any atom is 0.416 e. The van der Waals surface area contributed by atoms with Gasteiger partial charge in [-0.15, -0.1) is 0 Å². The molecule has 3 N–H and O–H groups in total. The molecule has 12 heteroatoms. The third-order valence-electron chi connectivity index (χ3n) is 5.06. The molecule has 0 radical (unpaired) electrons. The van der Waals surface area contributed by atoms with E-state index in [2.05, 4.69) is 20.6 Å². The highest BCUT2D eigenvalue weighted by Crippen LogP contribution is 2.36. The first-order valence-corrected chi connectivity index (χ1v) is 10.9. The minimum Gasteiger partial charge on any atom is -0.456 e. The lowest BCUT2D eigenvalue weighted by molar-refractivity contribution is -0.138. The first-order chi connectivity index (χ1) is 17.0. The number of carbonyl (C=O) groups excluding carboxylic acids is 1. The van der Waals surface area contributed by atoms with Gasteiger partial charge in [0.2, 0.25) is 0 Å². The van der Waals surface area contributed by atoms with Crippen molar-refractivity contribution in [3.05, 3.63) is 76.8 Å². The normalized spacial score (nSPS) is 11.7. The number of aromatic amines is 1. The third kappa shape index (κ3) is 5.69. The van der Waals surface area contributed by atoms with Crippen LogP contribution < -0.4 is 15.4 Å². The number of H-pyrrole nitrogens is 1. The highest BCUT2D eigenvalue weighted by atomic mass is 35.5. The lowest BCUT2D eigenvalue weighted by atomic mass is 10.1. The van der Waals surface area contributed by atoms with Crippen molar-refractivity contribution < 1.29 is 27.1 Å². The number of nitrogens with one attached hydrogen (secondary N) is 3. The average Bonchev–Trinajstić information content (AvgIpc) is 3.17. The molecule has 0 atom stereocenters. The fourth-order valence-electron chi connectivity index (χ4n) is 3.54. The summed E-state index contributed by atoms with van der Waals surface area (Å²) in [7, 11) is 3.30. The predicted octanol–water partition coefficient (Wildman–Crippen LogP) is 6.87. The van der Waals surface area contributed by atoms with E-state index < -0.39 is 23.6 Å². The van der Waals surface area contributed by atoms with Gasteiger partial charge in [0.15, 0.2) is 0 Å². The lowest BCUT2D eigenvalue weighted by Crippen LogP contribution is -2.21. The van der Waals surface area contributed by atoms with E-state index in [1.807, 2.05) is 0 Å². The van der Waals surface area contributed by atoms with E-state index in [0.717, 1.165) is 12.1 Å². The number of anilines is 2. The minimum absolute atomic E-state index is 0.0625. The van der Waals surface area contributed by atoms with Crippen LogP contribution in [0, 0.1) is 5.82 Å². The summed E-state index contributed by atoms with van der Waals surface area (Å²) in [4.78, 5) is 21.0. The number of hydrogen-bond donors (Lipinski definition) is 3. The number of pyridine rings is 1. The number of halogens is 5. The number of fused-ring (bicyclic) bond motifs is 1. The number of benzene rings is 2. The second kappa shape index (κ2) is 10.0. The number of carbonyl (C=O) groups is 1. The maximum atomic E-state index is 14.7. The number of urea groups is 1. The fourth-order valence-corrected chi connectivity index (χ4v) is 3.78. The van der Waals surface area contributed by atoms with Crippen LogP contribution >= 0.6 is 11.6 Å². The molecule has 0 aliphatic rings. The number of hydrogen-bond acceptors (Lipinski definition) is 4. The Morgan fingerprint density at radius 1 is 1.14 bits per heavy atom. The van der Waals surface area contributed by atoms with Crippen LogP contribution in [0.1, 0.15) is 11.1 Å². The highest BCUT2D eigenvalue weighted by molar-refractivity contribution is 6.36. The molecule has 36 heavy (non-hydrogen) atoms. The molecule has 0 unspecified atom stereocenters. The number of ether oxygens (including phenoxy) is 1. The zero-order valence-electron chi connectivity index (χ0n) is 19.0. The summed E-state index contributed by atoms with van der Waals surface area (Å²) in [6.45, 7) is 0.0717. The Balaban J connectivity index is 1.47. The zero-order chi connectivity index (χ0) is 26.0. The molecule has 2 heterocycles. The molecule has 0 saturated heterocycles. The van der Waals surface area contributed by atoms with Crippen LogP contribution in [0.3, 0.4) is 0 Å². The van der Waals surface area contributed by atoms with Gasteiger partial charge in [-0.3, -0.25) is 0 Å². The largest absolute Gasteiger partial charge is 0.456 e. The van der Waals surface area contributed by atoms with Gasteiger partial charge in [-0.1, -0.05) is 17.7 Å². The molecule has 2 aromatic carbocycles. The molecular weight excluding hydrogens is 502 g/mol.